The van der Waals surface area contributed by atoms with Gasteiger partial charge < -0.3 is 20.1 Å². The summed E-state index contributed by atoms with van der Waals surface area (Å²) < 4.78 is 10.7. The van der Waals surface area contributed by atoms with E-state index in [2.05, 4.69) is 0 Å². The normalized spacial score (nSPS) is 20.0. The third-order valence-electron chi connectivity index (χ3n) is 3.88. The molecule has 0 spiro atoms. The molecule has 1 aromatic rings. The first-order chi connectivity index (χ1) is 10.1. The summed E-state index contributed by atoms with van der Waals surface area (Å²) in [6.45, 7) is 2.77. The first kappa shape index (κ1) is 15.6. The molecule has 1 heterocycles. The molecule has 0 saturated carbocycles. The van der Waals surface area contributed by atoms with Gasteiger partial charge in [-0.2, -0.15) is 0 Å². The quantitative estimate of drug-likeness (QED) is 0.899. The van der Waals surface area contributed by atoms with E-state index < -0.39 is 0 Å². The van der Waals surface area contributed by atoms with Crippen LogP contribution in [0.15, 0.2) is 24.3 Å². The first-order valence-electron chi connectivity index (χ1n) is 7.43. The SMILES string of the molecule is COc1cccc(OCC(=O)N2CCCCC2C(C)N)c1. The van der Waals surface area contributed by atoms with E-state index in [0.29, 0.717) is 11.5 Å². The minimum Gasteiger partial charge on any atom is -0.497 e. The Kier molecular flexibility index (Phi) is 5.44. The molecular weight excluding hydrogens is 268 g/mol. The molecule has 2 unspecified atom stereocenters. The van der Waals surface area contributed by atoms with Gasteiger partial charge in [0.15, 0.2) is 6.61 Å². The topological polar surface area (TPSA) is 64.8 Å². The molecule has 1 aliphatic heterocycles. The summed E-state index contributed by atoms with van der Waals surface area (Å²) in [6.07, 6.45) is 3.14. The van der Waals surface area contributed by atoms with Gasteiger partial charge in [-0.1, -0.05) is 6.07 Å². The molecule has 1 fully saturated rings. The maximum atomic E-state index is 12.4. The highest BCUT2D eigenvalue weighted by atomic mass is 16.5. The van der Waals surface area contributed by atoms with Crippen molar-refractivity contribution in [3.63, 3.8) is 0 Å². The van der Waals surface area contributed by atoms with Gasteiger partial charge in [-0.05, 0) is 38.3 Å². The fourth-order valence-electron chi connectivity index (χ4n) is 2.73. The number of likely N-dealkylation sites (tertiary alicyclic amines) is 1. The minimum absolute atomic E-state index is 0.000167. The van der Waals surface area contributed by atoms with E-state index in [-0.39, 0.29) is 24.6 Å². The van der Waals surface area contributed by atoms with Crippen LogP contribution in [-0.2, 0) is 4.79 Å². The number of hydrogen-bond donors (Lipinski definition) is 1. The Bertz CT molecular complexity index is 476. The molecule has 1 saturated heterocycles. The first-order valence-corrected chi connectivity index (χ1v) is 7.43. The number of ether oxygens (including phenoxy) is 2. The van der Waals surface area contributed by atoms with Crippen LogP contribution in [0.5, 0.6) is 11.5 Å². The van der Waals surface area contributed by atoms with Gasteiger partial charge in [0.1, 0.15) is 11.5 Å². The van der Waals surface area contributed by atoms with E-state index in [9.17, 15) is 4.79 Å². The van der Waals surface area contributed by atoms with Crippen LogP contribution in [0.4, 0.5) is 0 Å². The van der Waals surface area contributed by atoms with E-state index in [1.165, 1.54) is 0 Å². The van der Waals surface area contributed by atoms with Crippen LogP contribution in [0.3, 0.4) is 0 Å². The number of methoxy groups -OCH3 is 1. The summed E-state index contributed by atoms with van der Waals surface area (Å²) in [5, 5.41) is 0. The standard InChI is InChI=1S/C16H24N2O3/c1-12(17)15-8-3-4-9-18(15)16(19)11-21-14-7-5-6-13(10-14)20-2/h5-7,10,12,15H,3-4,8-9,11,17H2,1-2H3. The van der Waals surface area contributed by atoms with Gasteiger partial charge in [0.25, 0.3) is 5.91 Å². The smallest absolute Gasteiger partial charge is 0.260 e. The number of nitrogens with two attached hydrogens (primary N) is 1. The molecule has 2 atom stereocenters. The summed E-state index contributed by atoms with van der Waals surface area (Å²) in [6, 6.07) is 7.38. The Morgan fingerprint density at radius 1 is 1.43 bits per heavy atom. The van der Waals surface area contributed by atoms with E-state index in [0.717, 1.165) is 25.8 Å². The second-order valence-corrected chi connectivity index (χ2v) is 5.48. The van der Waals surface area contributed by atoms with Crippen LogP contribution in [0.1, 0.15) is 26.2 Å². The predicted octanol–water partition coefficient (Wildman–Crippen LogP) is 1.80. The Morgan fingerprint density at radius 3 is 2.90 bits per heavy atom. The van der Waals surface area contributed by atoms with Crippen molar-refractivity contribution in [2.75, 3.05) is 20.3 Å². The van der Waals surface area contributed by atoms with Gasteiger partial charge in [0.2, 0.25) is 0 Å². The van der Waals surface area contributed by atoms with Crippen LogP contribution in [0.2, 0.25) is 0 Å². The lowest BCUT2D eigenvalue weighted by atomic mass is 9.97. The van der Waals surface area contributed by atoms with Crippen LogP contribution in [0.25, 0.3) is 0 Å². The van der Waals surface area contributed by atoms with Gasteiger partial charge in [-0.3, -0.25) is 4.79 Å². The Balaban J connectivity index is 1.93. The van der Waals surface area contributed by atoms with Crippen LogP contribution < -0.4 is 15.2 Å². The lowest BCUT2D eigenvalue weighted by molar-refractivity contribution is -0.137. The number of carbonyl (C=O) groups is 1. The largest absolute Gasteiger partial charge is 0.497 e. The summed E-state index contributed by atoms with van der Waals surface area (Å²) in [4.78, 5) is 14.2. The van der Waals surface area contributed by atoms with Gasteiger partial charge in [-0.25, -0.2) is 0 Å². The van der Waals surface area contributed by atoms with Crippen molar-refractivity contribution in [3.05, 3.63) is 24.3 Å². The highest BCUT2D eigenvalue weighted by molar-refractivity contribution is 5.78. The van der Waals surface area contributed by atoms with E-state index in [1.807, 2.05) is 30.0 Å². The molecule has 5 heteroatoms. The summed E-state index contributed by atoms with van der Waals surface area (Å²) in [5.74, 6) is 1.35. The number of piperidine rings is 1. The van der Waals surface area contributed by atoms with Crippen molar-refractivity contribution >= 4 is 5.91 Å². The van der Waals surface area contributed by atoms with Gasteiger partial charge in [0.05, 0.1) is 7.11 Å². The van der Waals surface area contributed by atoms with Crippen molar-refractivity contribution in [1.82, 2.24) is 4.90 Å². The van der Waals surface area contributed by atoms with Gasteiger partial charge in [0, 0.05) is 24.7 Å². The highest BCUT2D eigenvalue weighted by Gasteiger charge is 2.29. The molecule has 1 aliphatic rings. The van der Waals surface area contributed by atoms with Gasteiger partial charge >= 0.3 is 0 Å². The average molecular weight is 292 g/mol. The van der Waals surface area contributed by atoms with Crippen molar-refractivity contribution in [1.29, 1.82) is 0 Å². The Hall–Kier alpha value is -1.75. The van der Waals surface area contributed by atoms with E-state index in [1.54, 1.807) is 13.2 Å². The third kappa shape index (κ3) is 4.11. The second-order valence-electron chi connectivity index (χ2n) is 5.48. The number of benzene rings is 1. The molecule has 0 aliphatic carbocycles. The lowest BCUT2D eigenvalue weighted by Gasteiger charge is -2.38. The van der Waals surface area contributed by atoms with E-state index >= 15 is 0 Å². The molecule has 1 amide bonds. The van der Waals surface area contributed by atoms with Crippen molar-refractivity contribution < 1.29 is 14.3 Å². The van der Waals surface area contributed by atoms with Crippen molar-refractivity contribution in [2.45, 2.75) is 38.3 Å². The molecule has 1 aromatic carbocycles. The van der Waals surface area contributed by atoms with Gasteiger partial charge in [-0.15, -0.1) is 0 Å². The molecule has 21 heavy (non-hydrogen) atoms. The van der Waals surface area contributed by atoms with Crippen molar-refractivity contribution in [3.8, 4) is 11.5 Å². The number of carbonyl (C=O) groups excluding carboxylic acids is 1. The summed E-state index contributed by atoms with van der Waals surface area (Å²) >= 11 is 0. The minimum atomic E-state index is -0.00827. The lowest BCUT2D eigenvalue weighted by Crippen LogP contribution is -2.52. The maximum Gasteiger partial charge on any atom is 0.260 e. The number of nitrogens with zero attached hydrogens (tertiary/aromatic N) is 1. The highest BCUT2D eigenvalue weighted by Crippen LogP contribution is 2.21. The molecule has 116 valence electrons. The average Bonchev–Trinajstić information content (AvgIpc) is 2.52. The van der Waals surface area contributed by atoms with Crippen LogP contribution >= 0.6 is 0 Å². The monoisotopic (exact) mass is 292 g/mol. The van der Waals surface area contributed by atoms with E-state index in [4.69, 9.17) is 15.2 Å². The predicted molar refractivity (Wildman–Crippen MR) is 81.5 cm³/mol. The van der Waals surface area contributed by atoms with Crippen LogP contribution in [0, 0.1) is 0 Å². The second kappa shape index (κ2) is 7.31. The Morgan fingerprint density at radius 2 is 2.19 bits per heavy atom. The number of amides is 1. The third-order valence-corrected chi connectivity index (χ3v) is 3.88. The van der Waals surface area contributed by atoms with Crippen molar-refractivity contribution in [2.24, 2.45) is 5.73 Å². The molecule has 2 rings (SSSR count). The molecule has 0 radical (unpaired) electrons. The zero-order chi connectivity index (χ0) is 15.2. The fourth-order valence-corrected chi connectivity index (χ4v) is 2.73. The molecule has 2 N–H and O–H groups in total. The summed E-state index contributed by atoms with van der Waals surface area (Å²) in [7, 11) is 1.60. The van der Waals surface area contributed by atoms with Crippen LogP contribution in [-0.4, -0.2) is 43.2 Å². The number of hydrogen-bond acceptors (Lipinski definition) is 4. The zero-order valence-corrected chi connectivity index (χ0v) is 12.7. The molecule has 5 nitrogen and oxygen atoms in total. The maximum absolute atomic E-state index is 12.4. The number of rotatable bonds is 5. The Labute approximate surface area is 126 Å². The molecule has 0 bridgehead atoms. The summed E-state index contributed by atoms with van der Waals surface area (Å²) in [5.41, 5.74) is 5.99. The molecular formula is C16H24N2O3. The zero-order valence-electron chi connectivity index (χ0n) is 12.7. The molecule has 0 aromatic heterocycles. The fraction of sp³-hybridized carbons (Fsp3) is 0.562.